The molecular formula is C18H21N3O3. The lowest BCUT2D eigenvalue weighted by Gasteiger charge is -2.34. The van der Waals surface area contributed by atoms with E-state index in [1.807, 2.05) is 32.0 Å². The van der Waals surface area contributed by atoms with Gasteiger partial charge in [-0.25, -0.2) is 0 Å². The summed E-state index contributed by atoms with van der Waals surface area (Å²) in [5.74, 6) is 0.481. The smallest absolute Gasteiger partial charge is 0.276 e. The first-order valence-corrected chi connectivity index (χ1v) is 8.05. The van der Waals surface area contributed by atoms with Crippen LogP contribution in [-0.4, -0.2) is 52.9 Å². The zero-order chi connectivity index (χ0) is 17.3. The Morgan fingerprint density at radius 3 is 2.08 bits per heavy atom. The van der Waals surface area contributed by atoms with Crippen LogP contribution in [0.4, 0.5) is 0 Å². The minimum Gasteiger partial charge on any atom is -0.361 e. The van der Waals surface area contributed by atoms with E-state index in [1.54, 1.807) is 22.8 Å². The van der Waals surface area contributed by atoms with E-state index < -0.39 is 0 Å². The fourth-order valence-corrected chi connectivity index (χ4v) is 2.80. The Hall–Kier alpha value is -2.63. The summed E-state index contributed by atoms with van der Waals surface area (Å²) in [5.41, 5.74) is 3.30. The molecule has 1 fully saturated rings. The molecule has 1 saturated heterocycles. The first-order valence-electron chi connectivity index (χ1n) is 8.05. The van der Waals surface area contributed by atoms with Gasteiger partial charge in [-0.1, -0.05) is 11.2 Å². The molecule has 2 amide bonds. The molecule has 126 valence electrons. The first-order chi connectivity index (χ1) is 11.5. The van der Waals surface area contributed by atoms with E-state index in [0.717, 1.165) is 5.56 Å². The van der Waals surface area contributed by atoms with Gasteiger partial charge in [0.15, 0.2) is 5.69 Å². The molecule has 0 spiro atoms. The minimum absolute atomic E-state index is 0.0162. The number of carbonyl (C=O) groups is 2. The third-order valence-corrected chi connectivity index (χ3v) is 4.46. The summed E-state index contributed by atoms with van der Waals surface area (Å²) in [6.07, 6.45) is 0. The normalized spacial score (nSPS) is 14.8. The second kappa shape index (κ2) is 6.47. The number of benzene rings is 1. The van der Waals surface area contributed by atoms with Gasteiger partial charge in [0, 0.05) is 37.8 Å². The van der Waals surface area contributed by atoms with Gasteiger partial charge in [0.05, 0.1) is 0 Å². The van der Waals surface area contributed by atoms with E-state index in [0.29, 0.717) is 43.2 Å². The summed E-state index contributed by atoms with van der Waals surface area (Å²) in [6, 6.07) is 7.39. The van der Waals surface area contributed by atoms with Gasteiger partial charge in [0.1, 0.15) is 5.76 Å². The summed E-state index contributed by atoms with van der Waals surface area (Å²) in [7, 11) is 0. The zero-order valence-electron chi connectivity index (χ0n) is 14.2. The van der Waals surface area contributed by atoms with Crippen molar-refractivity contribution >= 4 is 11.8 Å². The van der Waals surface area contributed by atoms with Gasteiger partial charge in [0.2, 0.25) is 0 Å². The Labute approximate surface area is 141 Å². The molecule has 6 nitrogen and oxygen atoms in total. The number of hydrogen-bond acceptors (Lipinski definition) is 4. The van der Waals surface area contributed by atoms with Crippen molar-refractivity contribution < 1.29 is 14.1 Å². The number of carbonyl (C=O) groups excluding carboxylic acids is 2. The highest BCUT2D eigenvalue weighted by Crippen LogP contribution is 2.15. The highest BCUT2D eigenvalue weighted by atomic mass is 16.5. The lowest BCUT2D eigenvalue weighted by Crippen LogP contribution is -2.50. The maximum absolute atomic E-state index is 12.6. The van der Waals surface area contributed by atoms with Gasteiger partial charge in [-0.3, -0.25) is 9.59 Å². The molecular weight excluding hydrogens is 306 g/mol. The van der Waals surface area contributed by atoms with Crippen molar-refractivity contribution in [2.24, 2.45) is 0 Å². The molecule has 1 aromatic carbocycles. The van der Waals surface area contributed by atoms with Gasteiger partial charge in [0.25, 0.3) is 11.8 Å². The van der Waals surface area contributed by atoms with Gasteiger partial charge in [-0.15, -0.1) is 0 Å². The van der Waals surface area contributed by atoms with Gasteiger partial charge >= 0.3 is 0 Å². The minimum atomic E-state index is -0.148. The highest BCUT2D eigenvalue weighted by Gasteiger charge is 2.27. The van der Waals surface area contributed by atoms with E-state index in [-0.39, 0.29) is 11.8 Å². The molecule has 2 heterocycles. The van der Waals surface area contributed by atoms with Gasteiger partial charge < -0.3 is 14.3 Å². The lowest BCUT2D eigenvalue weighted by atomic mass is 10.1. The van der Waals surface area contributed by atoms with Crippen LogP contribution < -0.4 is 0 Å². The second-order valence-corrected chi connectivity index (χ2v) is 6.21. The Balaban J connectivity index is 1.63. The van der Waals surface area contributed by atoms with Crippen molar-refractivity contribution in [3.05, 3.63) is 52.4 Å². The number of aryl methyl sites for hydroxylation is 3. The van der Waals surface area contributed by atoms with Crippen LogP contribution in [0.3, 0.4) is 0 Å². The first kappa shape index (κ1) is 16.2. The number of amides is 2. The average Bonchev–Trinajstić information content (AvgIpc) is 3.02. The molecule has 0 saturated carbocycles. The van der Waals surface area contributed by atoms with Crippen molar-refractivity contribution in [3.63, 3.8) is 0 Å². The number of rotatable bonds is 2. The summed E-state index contributed by atoms with van der Waals surface area (Å²) < 4.78 is 4.95. The standard InChI is InChI=1S/C18H21N3O3/c1-12-4-5-15(10-13(12)2)17(22)20-6-8-21(9-7-20)18(23)16-11-14(3)24-19-16/h4-5,10-11H,6-9H2,1-3H3. The molecule has 1 aliphatic rings. The molecule has 0 bridgehead atoms. The molecule has 0 unspecified atom stereocenters. The van der Waals surface area contributed by atoms with Crippen LogP contribution in [-0.2, 0) is 0 Å². The zero-order valence-corrected chi connectivity index (χ0v) is 14.2. The SMILES string of the molecule is Cc1cc(C(=O)N2CCN(C(=O)c3ccc(C)c(C)c3)CC2)no1. The number of hydrogen-bond donors (Lipinski definition) is 0. The fraction of sp³-hybridized carbons (Fsp3) is 0.389. The number of aromatic nitrogens is 1. The van der Waals surface area contributed by atoms with Gasteiger partial charge in [-0.2, -0.15) is 0 Å². The van der Waals surface area contributed by atoms with E-state index in [1.165, 1.54) is 5.56 Å². The van der Waals surface area contributed by atoms with Crippen molar-refractivity contribution in [2.75, 3.05) is 26.2 Å². The molecule has 0 aliphatic carbocycles. The van der Waals surface area contributed by atoms with Crippen LogP contribution in [0.25, 0.3) is 0 Å². The molecule has 0 radical (unpaired) electrons. The van der Waals surface area contributed by atoms with Crippen molar-refractivity contribution in [1.82, 2.24) is 15.0 Å². The van der Waals surface area contributed by atoms with Crippen LogP contribution in [0.5, 0.6) is 0 Å². The molecule has 2 aromatic rings. The van der Waals surface area contributed by atoms with Crippen LogP contribution in [0.1, 0.15) is 37.7 Å². The monoisotopic (exact) mass is 327 g/mol. The third-order valence-electron chi connectivity index (χ3n) is 4.46. The Morgan fingerprint density at radius 1 is 0.917 bits per heavy atom. The second-order valence-electron chi connectivity index (χ2n) is 6.21. The van der Waals surface area contributed by atoms with E-state index in [2.05, 4.69) is 5.16 Å². The number of nitrogens with zero attached hydrogens (tertiary/aromatic N) is 3. The molecule has 1 aromatic heterocycles. The molecule has 3 rings (SSSR count). The molecule has 1 aliphatic heterocycles. The summed E-state index contributed by atoms with van der Waals surface area (Å²) in [5, 5.41) is 3.76. The highest BCUT2D eigenvalue weighted by molar-refractivity contribution is 5.95. The van der Waals surface area contributed by atoms with Crippen molar-refractivity contribution in [1.29, 1.82) is 0 Å². The van der Waals surface area contributed by atoms with Crippen LogP contribution in [0.2, 0.25) is 0 Å². The summed E-state index contributed by atoms with van der Waals surface area (Å²) >= 11 is 0. The topological polar surface area (TPSA) is 66.7 Å². The predicted molar refractivity (Wildman–Crippen MR) is 89.0 cm³/mol. The predicted octanol–water partition coefficient (Wildman–Crippen LogP) is 2.20. The number of piperazine rings is 1. The maximum Gasteiger partial charge on any atom is 0.276 e. The summed E-state index contributed by atoms with van der Waals surface area (Å²) in [4.78, 5) is 28.5. The van der Waals surface area contributed by atoms with Crippen LogP contribution in [0, 0.1) is 20.8 Å². The molecule has 6 heteroatoms. The molecule has 0 atom stereocenters. The fourth-order valence-electron chi connectivity index (χ4n) is 2.80. The van der Waals surface area contributed by atoms with Gasteiger partial charge in [-0.05, 0) is 44.0 Å². The molecule has 24 heavy (non-hydrogen) atoms. The lowest BCUT2D eigenvalue weighted by molar-refractivity contribution is 0.0530. The average molecular weight is 327 g/mol. The maximum atomic E-state index is 12.6. The Morgan fingerprint density at radius 2 is 1.54 bits per heavy atom. The van der Waals surface area contributed by atoms with Crippen LogP contribution >= 0.6 is 0 Å². The Kier molecular flexibility index (Phi) is 4.38. The van der Waals surface area contributed by atoms with Crippen LogP contribution in [0.15, 0.2) is 28.8 Å². The van der Waals surface area contributed by atoms with E-state index in [9.17, 15) is 9.59 Å². The Bertz CT molecular complexity index is 774. The molecule has 0 N–H and O–H groups in total. The largest absolute Gasteiger partial charge is 0.361 e. The van der Waals surface area contributed by atoms with E-state index in [4.69, 9.17) is 4.52 Å². The summed E-state index contributed by atoms with van der Waals surface area (Å²) in [6.45, 7) is 7.83. The van der Waals surface area contributed by atoms with Crippen molar-refractivity contribution in [2.45, 2.75) is 20.8 Å². The third kappa shape index (κ3) is 3.18. The quantitative estimate of drug-likeness (QED) is 0.848. The van der Waals surface area contributed by atoms with E-state index >= 15 is 0 Å². The van der Waals surface area contributed by atoms with Crippen molar-refractivity contribution in [3.8, 4) is 0 Å².